The standard InChI is InChI=1S/C12H9N3O2/c16-12-15(10-6-2-1-3-7-10)13-11(17-12)14-8-4-5-9-14/h1-9H. The summed E-state index contributed by atoms with van der Waals surface area (Å²) in [6, 6.07) is 13.1. The number of nitrogens with zero attached hydrogens (tertiary/aromatic N) is 3. The molecule has 17 heavy (non-hydrogen) atoms. The van der Waals surface area contributed by atoms with Crippen LogP contribution in [0.2, 0.25) is 0 Å². The quantitative estimate of drug-likeness (QED) is 0.668. The van der Waals surface area contributed by atoms with Gasteiger partial charge in [-0.05, 0) is 24.3 Å². The number of benzene rings is 1. The molecule has 0 unspecified atom stereocenters. The molecule has 3 aromatic rings. The summed E-state index contributed by atoms with van der Waals surface area (Å²) in [6.45, 7) is 0. The molecule has 0 amide bonds. The van der Waals surface area contributed by atoms with E-state index in [9.17, 15) is 4.79 Å². The van der Waals surface area contributed by atoms with Crippen LogP contribution in [0.4, 0.5) is 0 Å². The average Bonchev–Trinajstić information content (AvgIpc) is 2.99. The third-order valence-electron chi connectivity index (χ3n) is 2.36. The minimum atomic E-state index is -0.500. The van der Waals surface area contributed by atoms with E-state index in [1.165, 1.54) is 4.68 Å². The fourth-order valence-corrected chi connectivity index (χ4v) is 1.57. The second kappa shape index (κ2) is 3.79. The lowest BCUT2D eigenvalue weighted by Gasteiger charge is -1.95. The van der Waals surface area contributed by atoms with E-state index in [0.29, 0.717) is 5.69 Å². The first kappa shape index (κ1) is 9.65. The lowest BCUT2D eigenvalue weighted by molar-refractivity contribution is 0.484. The maximum absolute atomic E-state index is 11.7. The molecule has 84 valence electrons. The molecular formula is C12H9N3O2. The van der Waals surface area contributed by atoms with Crippen LogP contribution in [0.5, 0.6) is 0 Å². The number of hydrogen-bond donors (Lipinski definition) is 0. The Morgan fingerprint density at radius 3 is 2.41 bits per heavy atom. The molecule has 0 aliphatic carbocycles. The van der Waals surface area contributed by atoms with Gasteiger partial charge in [0.25, 0.3) is 0 Å². The molecule has 0 saturated heterocycles. The van der Waals surface area contributed by atoms with Gasteiger partial charge in [0.1, 0.15) is 0 Å². The second-order valence-corrected chi connectivity index (χ2v) is 3.49. The van der Waals surface area contributed by atoms with Crippen molar-refractivity contribution in [2.75, 3.05) is 0 Å². The van der Waals surface area contributed by atoms with Crippen molar-refractivity contribution >= 4 is 0 Å². The van der Waals surface area contributed by atoms with Crippen LogP contribution in [-0.4, -0.2) is 14.3 Å². The molecule has 0 saturated carbocycles. The first-order valence-corrected chi connectivity index (χ1v) is 5.13. The minimum absolute atomic E-state index is 0.254. The summed E-state index contributed by atoms with van der Waals surface area (Å²) < 4.78 is 7.94. The minimum Gasteiger partial charge on any atom is -0.372 e. The number of rotatable bonds is 2. The largest absolute Gasteiger partial charge is 0.443 e. The summed E-state index contributed by atoms with van der Waals surface area (Å²) in [4.78, 5) is 11.7. The normalized spacial score (nSPS) is 10.6. The Balaban J connectivity index is 2.12. The van der Waals surface area contributed by atoms with Crippen LogP contribution >= 0.6 is 0 Å². The summed E-state index contributed by atoms with van der Waals surface area (Å²) in [6.07, 6.45) is 3.53. The Morgan fingerprint density at radius 1 is 1.00 bits per heavy atom. The van der Waals surface area contributed by atoms with Crippen LogP contribution in [-0.2, 0) is 0 Å². The smallest absolute Gasteiger partial charge is 0.372 e. The van der Waals surface area contributed by atoms with E-state index in [0.717, 1.165) is 0 Å². The molecule has 0 atom stereocenters. The van der Waals surface area contributed by atoms with Gasteiger partial charge in [0.2, 0.25) is 0 Å². The molecule has 0 radical (unpaired) electrons. The third kappa shape index (κ3) is 1.67. The van der Waals surface area contributed by atoms with Crippen molar-refractivity contribution < 1.29 is 4.42 Å². The molecule has 1 aromatic carbocycles. The van der Waals surface area contributed by atoms with Crippen LogP contribution in [0.1, 0.15) is 0 Å². The van der Waals surface area contributed by atoms with E-state index in [1.54, 1.807) is 29.1 Å². The second-order valence-electron chi connectivity index (χ2n) is 3.49. The summed E-state index contributed by atoms with van der Waals surface area (Å²) in [5.41, 5.74) is 0.680. The lowest BCUT2D eigenvalue weighted by atomic mass is 10.3. The predicted molar refractivity (Wildman–Crippen MR) is 61.4 cm³/mol. The van der Waals surface area contributed by atoms with E-state index in [4.69, 9.17) is 4.42 Å². The van der Waals surface area contributed by atoms with E-state index >= 15 is 0 Å². The van der Waals surface area contributed by atoms with Gasteiger partial charge >= 0.3 is 11.8 Å². The summed E-state index contributed by atoms with van der Waals surface area (Å²) >= 11 is 0. The SMILES string of the molecule is O=c1oc(-n2cccc2)nn1-c1ccccc1. The molecule has 3 rings (SSSR count). The fourth-order valence-electron chi connectivity index (χ4n) is 1.57. The first-order chi connectivity index (χ1) is 8.34. The molecule has 0 aliphatic rings. The zero-order chi connectivity index (χ0) is 11.7. The molecule has 0 aliphatic heterocycles. The van der Waals surface area contributed by atoms with E-state index < -0.39 is 5.76 Å². The van der Waals surface area contributed by atoms with Crippen molar-refractivity contribution in [3.63, 3.8) is 0 Å². The highest BCUT2D eigenvalue weighted by molar-refractivity contribution is 5.29. The van der Waals surface area contributed by atoms with E-state index in [-0.39, 0.29) is 6.01 Å². The molecule has 5 nitrogen and oxygen atoms in total. The Labute approximate surface area is 96.5 Å². The van der Waals surface area contributed by atoms with Gasteiger partial charge in [-0.15, -0.1) is 5.10 Å². The first-order valence-electron chi connectivity index (χ1n) is 5.13. The maximum atomic E-state index is 11.7. The van der Waals surface area contributed by atoms with E-state index in [1.807, 2.05) is 30.3 Å². The van der Waals surface area contributed by atoms with Crippen molar-refractivity contribution in [3.8, 4) is 11.7 Å². The van der Waals surface area contributed by atoms with Gasteiger partial charge in [-0.3, -0.25) is 4.57 Å². The molecule has 0 N–H and O–H groups in total. The van der Waals surface area contributed by atoms with Gasteiger partial charge in [0, 0.05) is 12.4 Å². The van der Waals surface area contributed by atoms with Gasteiger partial charge in [-0.2, -0.15) is 4.68 Å². The lowest BCUT2D eigenvalue weighted by Crippen LogP contribution is -2.13. The monoisotopic (exact) mass is 227 g/mol. The third-order valence-corrected chi connectivity index (χ3v) is 2.36. The molecule has 0 bridgehead atoms. The summed E-state index contributed by atoms with van der Waals surface area (Å²) in [7, 11) is 0. The zero-order valence-electron chi connectivity index (χ0n) is 8.85. The van der Waals surface area contributed by atoms with Gasteiger partial charge in [-0.1, -0.05) is 18.2 Å². The van der Waals surface area contributed by atoms with Crippen molar-refractivity contribution in [3.05, 3.63) is 65.4 Å². The Bertz CT molecular complexity index is 665. The Morgan fingerprint density at radius 2 is 1.71 bits per heavy atom. The molecule has 2 heterocycles. The van der Waals surface area contributed by atoms with Gasteiger partial charge < -0.3 is 4.42 Å². The van der Waals surface area contributed by atoms with Crippen molar-refractivity contribution in [1.29, 1.82) is 0 Å². The molecular weight excluding hydrogens is 218 g/mol. The van der Waals surface area contributed by atoms with Crippen LogP contribution in [0.25, 0.3) is 11.7 Å². The molecule has 5 heteroatoms. The van der Waals surface area contributed by atoms with Gasteiger partial charge in [0.05, 0.1) is 5.69 Å². The van der Waals surface area contributed by atoms with E-state index in [2.05, 4.69) is 5.10 Å². The van der Waals surface area contributed by atoms with Gasteiger partial charge in [0.15, 0.2) is 0 Å². The fraction of sp³-hybridized carbons (Fsp3) is 0. The maximum Gasteiger partial charge on any atom is 0.443 e. The van der Waals surface area contributed by atoms with Crippen LogP contribution in [0, 0.1) is 0 Å². The number of para-hydroxylation sites is 1. The zero-order valence-corrected chi connectivity index (χ0v) is 8.85. The molecule has 2 aromatic heterocycles. The highest BCUT2D eigenvalue weighted by atomic mass is 16.4. The summed E-state index contributed by atoms with van der Waals surface area (Å²) in [5, 5.41) is 4.12. The molecule has 0 spiro atoms. The predicted octanol–water partition coefficient (Wildman–Crippen LogP) is 1.62. The van der Waals surface area contributed by atoms with Gasteiger partial charge in [-0.25, -0.2) is 4.79 Å². The highest BCUT2D eigenvalue weighted by Crippen LogP contribution is 2.06. The highest BCUT2D eigenvalue weighted by Gasteiger charge is 2.09. The van der Waals surface area contributed by atoms with Crippen LogP contribution < -0.4 is 5.76 Å². The number of hydrogen-bond acceptors (Lipinski definition) is 3. The van der Waals surface area contributed by atoms with Crippen LogP contribution in [0.15, 0.2) is 64.1 Å². The topological polar surface area (TPSA) is 53.0 Å². The van der Waals surface area contributed by atoms with Crippen molar-refractivity contribution in [1.82, 2.24) is 14.3 Å². The Hall–Kier alpha value is -2.56. The molecule has 0 fully saturated rings. The van der Waals surface area contributed by atoms with Crippen molar-refractivity contribution in [2.45, 2.75) is 0 Å². The van der Waals surface area contributed by atoms with Crippen molar-refractivity contribution in [2.24, 2.45) is 0 Å². The Kier molecular flexibility index (Phi) is 2.15. The average molecular weight is 227 g/mol. The number of aromatic nitrogens is 3. The van der Waals surface area contributed by atoms with Crippen LogP contribution in [0.3, 0.4) is 0 Å². The summed E-state index contributed by atoms with van der Waals surface area (Å²) in [5.74, 6) is -0.500.